The molecular formula is C12H18FNO. The SMILES string of the molecule is CC(C)C[C@H](O)[C@H](N)c1ccccc1F. The molecule has 84 valence electrons. The van der Waals surface area contributed by atoms with Gasteiger partial charge in [0.1, 0.15) is 5.82 Å². The van der Waals surface area contributed by atoms with Crippen molar-refractivity contribution in [3.63, 3.8) is 0 Å². The van der Waals surface area contributed by atoms with E-state index in [2.05, 4.69) is 0 Å². The smallest absolute Gasteiger partial charge is 0.128 e. The molecule has 0 aliphatic carbocycles. The largest absolute Gasteiger partial charge is 0.391 e. The fourth-order valence-corrected chi connectivity index (χ4v) is 1.58. The molecule has 0 radical (unpaired) electrons. The van der Waals surface area contributed by atoms with Gasteiger partial charge in [0.2, 0.25) is 0 Å². The molecule has 0 fully saturated rings. The van der Waals surface area contributed by atoms with E-state index in [0.717, 1.165) is 0 Å². The number of rotatable bonds is 4. The van der Waals surface area contributed by atoms with Gasteiger partial charge < -0.3 is 10.8 Å². The molecule has 0 saturated heterocycles. The van der Waals surface area contributed by atoms with Crippen LogP contribution in [-0.4, -0.2) is 11.2 Å². The van der Waals surface area contributed by atoms with E-state index in [0.29, 0.717) is 17.9 Å². The Bertz CT molecular complexity index is 314. The van der Waals surface area contributed by atoms with E-state index in [9.17, 15) is 9.50 Å². The molecule has 0 bridgehead atoms. The average molecular weight is 211 g/mol. The lowest BCUT2D eigenvalue weighted by Gasteiger charge is -2.21. The summed E-state index contributed by atoms with van der Waals surface area (Å²) in [5, 5.41) is 9.77. The van der Waals surface area contributed by atoms with Gasteiger partial charge in [0.05, 0.1) is 12.1 Å². The van der Waals surface area contributed by atoms with Gasteiger partial charge in [-0.1, -0.05) is 32.0 Å². The molecule has 0 aromatic heterocycles. The summed E-state index contributed by atoms with van der Waals surface area (Å²) in [5.41, 5.74) is 6.18. The Morgan fingerprint density at radius 3 is 2.47 bits per heavy atom. The second-order valence-electron chi connectivity index (χ2n) is 4.24. The zero-order valence-corrected chi connectivity index (χ0v) is 9.15. The Hall–Kier alpha value is -0.930. The van der Waals surface area contributed by atoms with Gasteiger partial charge >= 0.3 is 0 Å². The van der Waals surface area contributed by atoms with Crippen molar-refractivity contribution in [3.8, 4) is 0 Å². The summed E-state index contributed by atoms with van der Waals surface area (Å²) in [6, 6.07) is 5.66. The van der Waals surface area contributed by atoms with E-state index in [1.165, 1.54) is 6.07 Å². The van der Waals surface area contributed by atoms with Crippen molar-refractivity contribution in [1.82, 2.24) is 0 Å². The first-order valence-electron chi connectivity index (χ1n) is 5.20. The van der Waals surface area contributed by atoms with Crippen molar-refractivity contribution >= 4 is 0 Å². The summed E-state index contributed by atoms with van der Waals surface area (Å²) in [4.78, 5) is 0. The highest BCUT2D eigenvalue weighted by Gasteiger charge is 2.20. The van der Waals surface area contributed by atoms with E-state index in [1.54, 1.807) is 18.2 Å². The highest BCUT2D eigenvalue weighted by Crippen LogP contribution is 2.21. The number of aliphatic hydroxyl groups is 1. The Kier molecular flexibility index (Phi) is 4.24. The Morgan fingerprint density at radius 2 is 1.93 bits per heavy atom. The fourth-order valence-electron chi connectivity index (χ4n) is 1.58. The van der Waals surface area contributed by atoms with Crippen LogP contribution in [-0.2, 0) is 0 Å². The standard InChI is InChI=1S/C12H18FNO/c1-8(2)7-11(15)12(14)9-5-3-4-6-10(9)13/h3-6,8,11-12,15H,7,14H2,1-2H3/t11-,12+/m0/s1. The van der Waals surface area contributed by atoms with E-state index in [-0.39, 0.29) is 5.82 Å². The van der Waals surface area contributed by atoms with Crippen molar-refractivity contribution in [2.75, 3.05) is 0 Å². The predicted molar refractivity (Wildman–Crippen MR) is 58.8 cm³/mol. The maximum atomic E-state index is 13.3. The lowest BCUT2D eigenvalue weighted by atomic mass is 9.95. The third kappa shape index (κ3) is 3.29. The van der Waals surface area contributed by atoms with Gasteiger partial charge in [-0.25, -0.2) is 4.39 Å². The van der Waals surface area contributed by atoms with Crippen LogP contribution in [0.25, 0.3) is 0 Å². The lowest BCUT2D eigenvalue weighted by Crippen LogP contribution is -2.28. The minimum Gasteiger partial charge on any atom is -0.391 e. The molecule has 0 spiro atoms. The summed E-state index contributed by atoms with van der Waals surface area (Å²) in [6.07, 6.45) is -0.114. The molecule has 0 saturated carbocycles. The molecule has 1 rings (SSSR count). The van der Waals surface area contributed by atoms with Crippen molar-refractivity contribution in [2.45, 2.75) is 32.4 Å². The maximum absolute atomic E-state index is 13.3. The van der Waals surface area contributed by atoms with E-state index in [1.807, 2.05) is 13.8 Å². The van der Waals surface area contributed by atoms with Crippen LogP contribution >= 0.6 is 0 Å². The topological polar surface area (TPSA) is 46.2 Å². The summed E-state index contributed by atoms with van der Waals surface area (Å²) in [6.45, 7) is 3.99. The Labute approximate surface area is 89.9 Å². The molecule has 0 heterocycles. The van der Waals surface area contributed by atoms with Crippen LogP contribution in [0, 0.1) is 11.7 Å². The molecule has 3 heteroatoms. The third-order valence-electron chi connectivity index (χ3n) is 2.39. The average Bonchev–Trinajstić information content (AvgIpc) is 2.16. The normalized spacial score (nSPS) is 15.3. The number of nitrogens with two attached hydrogens (primary N) is 1. The number of hydrogen-bond donors (Lipinski definition) is 2. The zero-order chi connectivity index (χ0) is 11.4. The van der Waals surface area contributed by atoms with E-state index >= 15 is 0 Å². The first kappa shape index (κ1) is 12.1. The maximum Gasteiger partial charge on any atom is 0.128 e. The number of halogens is 1. The molecule has 0 amide bonds. The van der Waals surface area contributed by atoms with Gasteiger partial charge in [0, 0.05) is 5.56 Å². The third-order valence-corrected chi connectivity index (χ3v) is 2.39. The van der Waals surface area contributed by atoms with Crippen LogP contribution in [0.5, 0.6) is 0 Å². The molecular weight excluding hydrogens is 193 g/mol. The van der Waals surface area contributed by atoms with Crippen molar-refractivity contribution in [1.29, 1.82) is 0 Å². The molecule has 0 aliphatic rings. The molecule has 2 nitrogen and oxygen atoms in total. The summed E-state index contributed by atoms with van der Waals surface area (Å²) < 4.78 is 13.3. The van der Waals surface area contributed by atoms with Crippen LogP contribution in [0.3, 0.4) is 0 Å². The number of benzene rings is 1. The van der Waals surface area contributed by atoms with Gasteiger partial charge in [-0.2, -0.15) is 0 Å². The molecule has 2 atom stereocenters. The molecule has 15 heavy (non-hydrogen) atoms. The second kappa shape index (κ2) is 5.24. The van der Waals surface area contributed by atoms with Gasteiger partial charge in [-0.3, -0.25) is 0 Å². The van der Waals surface area contributed by atoms with Crippen LogP contribution in [0.2, 0.25) is 0 Å². The quantitative estimate of drug-likeness (QED) is 0.802. The van der Waals surface area contributed by atoms with Crippen LogP contribution in [0.4, 0.5) is 4.39 Å². The minimum absolute atomic E-state index is 0.345. The summed E-state index contributed by atoms with van der Waals surface area (Å²) in [5.74, 6) is -0.00868. The molecule has 1 aromatic carbocycles. The van der Waals surface area contributed by atoms with Crippen molar-refractivity contribution < 1.29 is 9.50 Å². The van der Waals surface area contributed by atoms with Gasteiger partial charge in [0.25, 0.3) is 0 Å². The zero-order valence-electron chi connectivity index (χ0n) is 9.15. The predicted octanol–water partition coefficient (Wildman–Crippen LogP) is 2.23. The van der Waals surface area contributed by atoms with Gasteiger partial charge in [-0.15, -0.1) is 0 Å². The first-order chi connectivity index (χ1) is 7.02. The summed E-state index contributed by atoms with van der Waals surface area (Å²) >= 11 is 0. The molecule has 0 unspecified atom stereocenters. The fraction of sp³-hybridized carbons (Fsp3) is 0.500. The van der Waals surface area contributed by atoms with Crippen molar-refractivity contribution in [2.24, 2.45) is 11.7 Å². The van der Waals surface area contributed by atoms with Gasteiger partial charge in [-0.05, 0) is 18.4 Å². The molecule has 0 aliphatic heterocycles. The van der Waals surface area contributed by atoms with Gasteiger partial charge in [0.15, 0.2) is 0 Å². The summed E-state index contributed by atoms with van der Waals surface area (Å²) in [7, 11) is 0. The highest BCUT2D eigenvalue weighted by molar-refractivity contribution is 5.21. The molecule has 3 N–H and O–H groups in total. The lowest BCUT2D eigenvalue weighted by molar-refractivity contribution is 0.119. The number of hydrogen-bond acceptors (Lipinski definition) is 2. The van der Waals surface area contributed by atoms with Crippen LogP contribution < -0.4 is 5.73 Å². The van der Waals surface area contributed by atoms with Crippen LogP contribution in [0.1, 0.15) is 31.9 Å². The highest BCUT2D eigenvalue weighted by atomic mass is 19.1. The van der Waals surface area contributed by atoms with E-state index < -0.39 is 12.1 Å². The Balaban J connectivity index is 2.76. The van der Waals surface area contributed by atoms with Crippen LogP contribution in [0.15, 0.2) is 24.3 Å². The number of aliphatic hydroxyl groups excluding tert-OH is 1. The second-order valence-corrected chi connectivity index (χ2v) is 4.24. The molecule has 1 aromatic rings. The monoisotopic (exact) mass is 211 g/mol. The first-order valence-corrected chi connectivity index (χ1v) is 5.20. The van der Waals surface area contributed by atoms with Crippen molar-refractivity contribution in [3.05, 3.63) is 35.6 Å². The Morgan fingerprint density at radius 1 is 1.33 bits per heavy atom. The minimum atomic E-state index is -0.693. The van der Waals surface area contributed by atoms with E-state index in [4.69, 9.17) is 5.73 Å².